The third-order valence-electron chi connectivity index (χ3n) is 4.80. The Hall–Kier alpha value is -2.83. The molecule has 0 atom stereocenters. The van der Waals surface area contributed by atoms with E-state index in [0.717, 1.165) is 23.3 Å². The van der Waals surface area contributed by atoms with Crippen LogP contribution in [0, 0.1) is 20.8 Å². The van der Waals surface area contributed by atoms with E-state index in [1.807, 2.05) is 19.9 Å². The first-order valence-electron chi connectivity index (χ1n) is 8.70. The van der Waals surface area contributed by atoms with E-state index in [9.17, 15) is 26.3 Å². The second kappa shape index (κ2) is 7.21. The van der Waals surface area contributed by atoms with Crippen LogP contribution in [0.1, 0.15) is 27.8 Å². The quantitative estimate of drug-likeness (QED) is 0.403. The number of benzene rings is 2. The maximum Gasteiger partial charge on any atom is 0.416 e. The lowest BCUT2D eigenvalue weighted by Gasteiger charge is -2.16. The lowest BCUT2D eigenvalue weighted by Crippen LogP contribution is -2.11. The van der Waals surface area contributed by atoms with Gasteiger partial charge in [0.1, 0.15) is 0 Å². The smallest absolute Gasteiger partial charge is 0.256 e. The highest BCUT2D eigenvalue weighted by molar-refractivity contribution is 5.75. The van der Waals surface area contributed by atoms with Crippen molar-refractivity contribution in [3.8, 4) is 22.4 Å². The minimum Gasteiger partial charge on any atom is -0.256 e. The molecule has 29 heavy (non-hydrogen) atoms. The second-order valence-electron chi connectivity index (χ2n) is 6.98. The fraction of sp³-hybridized carbons (Fsp3) is 0.227. The third-order valence-corrected chi connectivity index (χ3v) is 4.80. The number of rotatable bonds is 2. The molecule has 0 fully saturated rings. The number of halogens is 6. The number of aryl methyl sites for hydroxylation is 3. The van der Waals surface area contributed by atoms with E-state index < -0.39 is 23.5 Å². The fourth-order valence-corrected chi connectivity index (χ4v) is 2.98. The summed E-state index contributed by atoms with van der Waals surface area (Å²) in [6, 6.07) is 8.43. The predicted octanol–water partition coefficient (Wildman–Crippen LogP) is 7.38. The number of pyridine rings is 1. The molecule has 7 heteroatoms. The van der Waals surface area contributed by atoms with Crippen LogP contribution in [0.3, 0.4) is 0 Å². The van der Waals surface area contributed by atoms with Gasteiger partial charge in [0.2, 0.25) is 0 Å². The van der Waals surface area contributed by atoms with Gasteiger partial charge in [0.05, 0.1) is 16.8 Å². The highest BCUT2D eigenvalue weighted by Gasteiger charge is 2.37. The molecule has 0 saturated heterocycles. The summed E-state index contributed by atoms with van der Waals surface area (Å²) in [6.45, 7) is 5.44. The molecule has 3 aromatic rings. The number of aromatic nitrogens is 1. The normalized spacial score (nSPS) is 12.3. The summed E-state index contributed by atoms with van der Waals surface area (Å²) in [4.78, 5) is 4.33. The number of alkyl halides is 6. The molecule has 1 heterocycles. The zero-order valence-corrected chi connectivity index (χ0v) is 15.8. The first kappa shape index (κ1) is 20.9. The molecular formula is C22H17F6N. The monoisotopic (exact) mass is 409 g/mol. The number of hydrogen-bond acceptors (Lipinski definition) is 1. The molecule has 0 saturated carbocycles. The van der Waals surface area contributed by atoms with Gasteiger partial charge >= 0.3 is 12.4 Å². The number of hydrogen-bond donors (Lipinski definition) is 0. The molecule has 3 rings (SSSR count). The van der Waals surface area contributed by atoms with Gasteiger partial charge in [-0.3, -0.25) is 4.98 Å². The van der Waals surface area contributed by atoms with E-state index in [-0.39, 0.29) is 11.6 Å². The molecule has 1 aromatic heterocycles. The van der Waals surface area contributed by atoms with Crippen molar-refractivity contribution in [1.82, 2.24) is 4.98 Å². The zero-order chi connectivity index (χ0) is 21.6. The van der Waals surface area contributed by atoms with E-state index in [0.29, 0.717) is 22.4 Å². The average Bonchev–Trinajstić information content (AvgIpc) is 2.62. The first-order chi connectivity index (χ1) is 13.4. The van der Waals surface area contributed by atoms with Gasteiger partial charge in [-0.2, -0.15) is 26.3 Å². The average molecular weight is 409 g/mol. The Labute approximate surface area is 164 Å². The Balaban J connectivity index is 2.21. The Bertz CT molecular complexity index is 1030. The van der Waals surface area contributed by atoms with Gasteiger partial charge in [0, 0.05) is 11.8 Å². The molecule has 0 N–H and O–H groups in total. The molecular weight excluding hydrogens is 392 g/mol. The molecule has 0 aliphatic carbocycles. The highest BCUT2D eigenvalue weighted by atomic mass is 19.4. The summed E-state index contributed by atoms with van der Waals surface area (Å²) in [5.41, 5.74) is 1.20. The van der Waals surface area contributed by atoms with Crippen molar-refractivity contribution >= 4 is 0 Å². The lowest BCUT2D eigenvalue weighted by molar-refractivity contribution is -0.143. The molecule has 0 bridgehead atoms. The fourth-order valence-electron chi connectivity index (χ4n) is 2.98. The minimum absolute atomic E-state index is 0.133. The van der Waals surface area contributed by atoms with Crippen molar-refractivity contribution < 1.29 is 26.3 Å². The Morgan fingerprint density at radius 2 is 1.21 bits per heavy atom. The van der Waals surface area contributed by atoms with Crippen molar-refractivity contribution in [1.29, 1.82) is 0 Å². The van der Waals surface area contributed by atoms with Crippen molar-refractivity contribution in [2.75, 3.05) is 0 Å². The Kier molecular flexibility index (Phi) is 5.19. The SMILES string of the molecule is Cc1cnc(-c2ccc(C)c(-c3cc(C(F)(F)F)cc(C(F)(F)F)c3)c2)cc1C. The highest BCUT2D eigenvalue weighted by Crippen LogP contribution is 2.40. The van der Waals surface area contributed by atoms with Crippen molar-refractivity contribution in [3.05, 3.63) is 76.5 Å². The molecule has 0 radical (unpaired) electrons. The van der Waals surface area contributed by atoms with E-state index in [2.05, 4.69) is 4.98 Å². The topological polar surface area (TPSA) is 12.9 Å². The Morgan fingerprint density at radius 3 is 1.72 bits per heavy atom. The van der Waals surface area contributed by atoms with Crippen LogP contribution in [0.15, 0.2) is 48.7 Å². The van der Waals surface area contributed by atoms with Crippen molar-refractivity contribution in [3.63, 3.8) is 0 Å². The van der Waals surface area contributed by atoms with E-state index >= 15 is 0 Å². The van der Waals surface area contributed by atoms with Gasteiger partial charge < -0.3 is 0 Å². The predicted molar refractivity (Wildman–Crippen MR) is 99.3 cm³/mol. The van der Waals surface area contributed by atoms with Crippen LogP contribution in [0.5, 0.6) is 0 Å². The molecule has 0 aliphatic heterocycles. The van der Waals surface area contributed by atoms with Crippen LogP contribution in [0.2, 0.25) is 0 Å². The summed E-state index contributed by atoms with van der Waals surface area (Å²) in [5, 5.41) is 0. The Morgan fingerprint density at radius 1 is 0.621 bits per heavy atom. The summed E-state index contributed by atoms with van der Waals surface area (Å²) in [5.74, 6) is 0. The molecule has 2 aromatic carbocycles. The molecule has 0 unspecified atom stereocenters. The lowest BCUT2D eigenvalue weighted by atomic mass is 9.93. The van der Waals surface area contributed by atoms with Crippen LogP contribution in [0.4, 0.5) is 26.3 Å². The van der Waals surface area contributed by atoms with E-state index in [4.69, 9.17) is 0 Å². The van der Waals surface area contributed by atoms with Crippen LogP contribution in [0.25, 0.3) is 22.4 Å². The van der Waals surface area contributed by atoms with E-state index in [1.54, 1.807) is 31.3 Å². The van der Waals surface area contributed by atoms with Gasteiger partial charge in [0.25, 0.3) is 0 Å². The van der Waals surface area contributed by atoms with Crippen LogP contribution in [-0.4, -0.2) is 4.98 Å². The van der Waals surface area contributed by atoms with Crippen LogP contribution in [-0.2, 0) is 12.4 Å². The third kappa shape index (κ3) is 4.44. The molecule has 1 nitrogen and oxygen atoms in total. The van der Waals surface area contributed by atoms with Gasteiger partial charge in [0.15, 0.2) is 0 Å². The summed E-state index contributed by atoms with van der Waals surface area (Å²) in [6.07, 6.45) is -8.11. The summed E-state index contributed by atoms with van der Waals surface area (Å²) in [7, 11) is 0. The van der Waals surface area contributed by atoms with Gasteiger partial charge in [-0.05, 0) is 78.9 Å². The molecule has 0 aliphatic rings. The van der Waals surface area contributed by atoms with Crippen molar-refractivity contribution in [2.24, 2.45) is 0 Å². The molecule has 152 valence electrons. The minimum atomic E-state index is -4.89. The maximum absolute atomic E-state index is 13.2. The van der Waals surface area contributed by atoms with Gasteiger partial charge in [-0.25, -0.2) is 0 Å². The van der Waals surface area contributed by atoms with Crippen LogP contribution >= 0.6 is 0 Å². The van der Waals surface area contributed by atoms with Crippen molar-refractivity contribution in [2.45, 2.75) is 33.1 Å². The largest absolute Gasteiger partial charge is 0.416 e. The first-order valence-corrected chi connectivity index (χ1v) is 8.70. The van der Waals surface area contributed by atoms with Gasteiger partial charge in [-0.1, -0.05) is 12.1 Å². The zero-order valence-electron chi connectivity index (χ0n) is 15.8. The standard InChI is InChI=1S/C22H17F6N/c1-12-4-5-15(20-6-13(2)14(3)11-29-20)9-19(12)16-7-17(21(23,24)25)10-18(8-16)22(26,27)28/h4-11H,1-3H3. The van der Waals surface area contributed by atoms with Gasteiger partial charge in [-0.15, -0.1) is 0 Å². The second-order valence-corrected chi connectivity index (χ2v) is 6.98. The number of nitrogens with zero attached hydrogens (tertiary/aromatic N) is 1. The summed E-state index contributed by atoms with van der Waals surface area (Å²) >= 11 is 0. The van der Waals surface area contributed by atoms with Crippen LogP contribution < -0.4 is 0 Å². The molecule has 0 spiro atoms. The molecule has 0 amide bonds. The maximum atomic E-state index is 13.2. The summed E-state index contributed by atoms with van der Waals surface area (Å²) < 4.78 is 79.2. The van der Waals surface area contributed by atoms with E-state index in [1.165, 1.54) is 0 Å².